The van der Waals surface area contributed by atoms with Gasteiger partial charge in [0.2, 0.25) is 0 Å². The van der Waals surface area contributed by atoms with Crippen molar-refractivity contribution in [3.8, 4) is 0 Å². The van der Waals surface area contributed by atoms with Crippen LogP contribution in [-0.2, 0) is 17.3 Å². The summed E-state index contributed by atoms with van der Waals surface area (Å²) in [7, 11) is 0. The molecule has 7 rings (SSSR count). The molecule has 7 heteroatoms. The zero-order valence-electron chi connectivity index (χ0n) is 25.7. The number of amidine groups is 1. The number of benzene rings is 5. The normalized spacial score (nSPS) is 14.1. The lowest BCUT2D eigenvalue weighted by Gasteiger charge is -2.43. The summed E-state index contributed by atoms with van der Waals surface area (Å²) in [5, 5.41) is 10.2. The molecule has 0 saturated carbocycles. The number of rotatable bonds is 11. The fourth-order valence-electron chi connectivity index (χ4n) is 6.50. The van der Waals surface area contributed by atoms with Crippen molar-refractivity contribution in [1.82, 2.24) is 14.7 Å². The van der Waals surface area contributed by atoms with Crippen LogP contribution in [0.15, 0.2) is 162 Å². The molecule has 1 N–H and O–H groups in total. The van der Waals surface area contributed by atoms with Crippen LogP contribution < -0.4 is 5.43 Å². The van der Waals surface area contributed by atoms with E-state index in [1.807, 2.05) is 0 Å². The molecular formula is C40H34Br2N4S. The lowest BCUT2D eigenvalue weighted by atomic mass is 9.77. The van der Waals surface area contributed by atoms with Crippen molar-refractivity contribution in [1.29, 1.82) is 0 Å². The lowest BCUT2D eigenvalue weighted by molar-refractivity contribution is -0.00711. The molecule has 0 bridgehead atoms. The Balaban J connectivity index is 1.18. The SMILES string of the molecule is BrCc1ccc(C(CCc2csc(C3=NN(Br)N(C(c4ccccc4)(c4ccccc4)c4ccccc4)N3)c2)c2ccccc2)cc1. The first kappa shape index (κ1) is 31.6. The van der Waals surface area contributed by atoms with E-state index in [1.54, 1.807) is 15.5 Å². The number of nitrogens with one attached hydrogen (secondary N) is 1. The van der Waals surface area contributed by atoms with Crippen molar-refractivity contribution in [2.24, 2.45) is 5.10 Å². The molecule has 0 radical (unpaired) electrons. The van der Waals surface area contributed by atoms with Gasteiger partial charge in [-0.25, -0.2) is 0 Å². The fourth-order valence-corrected chi connectivity index (χ4v) is 8.23. The zero-order chi connectivity index (χ0) is 32.1. The highest BCUT2D eigenvalue weighted by molar-refractivity contribution is 9.08. The van der Waals surface area contributed by atoms with Gasteiger partial charge in [0.25, 0.3) is 0 Å². The van der Waals surface area contributed by atoms with Crippen LogP contribution in [0.5, 0.6) is 0 Å². The number of hydrazine groups is 2. The van der Waals surface area contributed by atoms with Crippen molar-refractivity contribution < 1.29 is 0 Å². The highest BCUT2D eigenvalue weighted by Crippen LogP contribution is 2.44. The highest BCUT2D eigenvalue weighted by atomic mass is 79.9. The molecule has 0 amide bonds. The molecule has 5 aromatic carbocycles. The smallest absolute Gasteiger partial charge is 0.182 e. The predicted octanol–water partition coefficient (Wildman–Crippen LogP) is 10.4. The second-order valence-corrected chi connectivity index (χ2v) is 13.7. The highest BCUT2D eigenvalue weighted by Gasteiger charge is 2.48. The summed E-state index contributed by atoms with van der Waals surface area (Å²) in [5.41, 5.74) is 11.6. The van der Waals surface area contributed by atoms with Crippen LogP contribution in [-0.4, -0.2) is 15.1 Å². The molecule has 4 nitrogen and oxygen atoms in total. The molecule has 1 aliphatic rings. The van der Waals surface area contributed by atoms with E-state index >= 15 is 0 Å². The van der Waals surface area contributed by atoms with Crippen molar-refractivity contribution in [2.45, 2.75) is 29.6 Å². The van der Waals surface area contributed by atoms with Gasteiger partial charge in [-0.2, -0.15) is 0 Å². The maximum absolute atomic E-state index is 4.99. The van der Waals surface area contributed by atoms with E-state index in [4.69, 9.17) is 5.10 Å². The van der Waals surface area contributed by atoms with Crippen LogP contribution in [0.2, 0.25) is 0 Å². The van der Waals surface area contributed by atoms with Crippen molar-refractivity contribution in [3.05, 3.63) is 201 Å². The average molecular weight is 763 g/mol. The maximum atomic E-state index is 4.99. The Morgan fingerprint density at radius 3 is 1.70 bits per heavy atom. The van der Waals surface area contributed by atoms with Gasteiger partial charge in [-0.3, -0.25) is 5.43 Å². The second kappa shape index (κ2) is 14.4. The molecular weight excluding hydrogens is 728 g/mol. The predicted molar refractivity (Wildman–Crippen MR) is 201 cm³/mol. The molecule has 1 unspecified atom stereocenters. The average Bonchev–Trinajstić information content (AvgIpc) is 3.78. The summed E-state index contributed by atoms with van der Waals surface area (Å²) in [6.07, 6.45) is 1.98. The molecule has 2 heterocycles. The van der Waals surface area contributed by atoms with Gasteiger partial charge in [-0.1, -0.05) is 167 Å². The van der Waals surface area contributed by atoms with E-state index in [2.05, 4.69) is 200 Å². The number of hydrazone groups is 1. The monoisotopic (exact) mass is 760 g/mol. The molecule has 0 aliphatic carbocycles. The van der Waals surface area contributed by atoms with E-state index in [1.165, 1.54) is 22.3 Å². The van der Waals surface area contributed by atoms with Gasteiger partial charge in [0.05, 0.1) is 21.0 Å². The molecule has 6 aromatic rings. The van der Waals surface area contributed by atoms with Gasteiger partial charge in [0, 0.05) is 11.2 Å². The Kier molecular flexibility index (Phi) is 9.68. The van der Waals surface area contributed by atoms with Gasteiger partial charge in [0.1, 0.15) is 5.54 Å². The van der Waals surface area contributed by atoms with Crippen molar-refractivity contribution in [2.75, 3.05) is 0 Å². The molecule has 47 heavy (non-hydrogen) atoms. The molecule has 1 atom stereocenters. The Bertz CT molecular complexity index is 1820. The summed E-state index contributed by atoms with van der Waals surface area (Å²) in [5.74, 6) is 1.12. The fraction of sp³-hybridized carbons (Fsp3) is 0.125. The summed E-state index contributed by atoms with van der Waals surface area (Å²) in [6, 6.07) is 54.0. The van der Waals surface area contributed by atoms with Crippen molar-refractivity contribution in [3.63, 3.8) is 0 Å². The molecule has 234 valence electrons. The number of hydrogen-bond donors (Lipinski definition) is 1. The first-order valence-corrected chi connectivity index (χ1v) is 18.4. The van der Waals surface area contributed by atoms with Gasteiger partial charge >= 0.3 is 0 Å². The first-order valence-electron chi connectivity index (χ1n) is 15.7. The second-order valence-electron chi connectivity index (χ2n) is 11.6. The number of halogens is 2. The number of thiophene rings is 1. The standard InChI is InChI=1S/C40H34Br2N4S/c41-28-30-21-24-33(25-22-30)37(32-13-5-1-6-14-32)26-23-31-27-38(47-29-31)39-43-45(46(42)44-39)40(34-15-7-2-8-16-34,35-17-9-3-10-18-35)36-19-11-4-12-20-36/h1-22,24-25,27,29,37H,23,26,28H2,(H,43,44). The van der Waals surface area contributed by atoms with Gasteiger partial charge < -0.3 is 0 Å². The van der Waals surface area contributed by atoms with Crippen LogP contribution in [0.3, 0.4) is 0 Å². The minimum Gasteiger partial charge on any atom is -0.279 e. The van der Waals surface area contributed by atoms with Crippen LogP contribution in [0.1, 0.15) is 56.2 Å². The van der Waals surface area contributed by atoms with E-state index in [0.29, 0.717) is 5.92 Å². The van der Waals surface area contributed by atoms with Gasteiger partial charge in [-0.05, 0) is 63.2 Å². The van der Waals surface area contributed by atoms with Crippen molar-refractivity contribution >= 4 is 49.2 Å². The summed E-state index contributed by atoms with van der Waals surface area (Å²) in [6.45, 7) is 0. The van der Waals surface area contributed by atoms with Gasteiger partial charge in [0.15, 0.2) is 5.84 Å². The Morgan fingerprint density at radius 2 is 1.17 bits per heavy atom. The molecule has 1 aliphatic heterocycles. The number of alkyl halides is 1. The topological polar surface area (TPSA) is 30.9 Å². The minimum atomic E-state index is -0.716. The van der Waals surface area contributed by atoms with E-state index in [-0.39, 0.29) is 0 Å². The van der Waals surface area contributed by atoms with Crippen LogP contribution in [0.25, 0.3) is 0 Å². The number of hydrogen-bond acceptors (Lipinski definition) is 5. The molecule has 0 spiro atoms. The maximum Gasteiger partial charge on any atom is 0.182 e. The Morgan fingerprint density at radius 1 is 0.660 bits per heavy atom. The number of aryl methyl sites for hydroxylation is 1. The minimum absolute atomic E-state index is 0.322. The van der Waals surface area contributed by atoms with Crippen LogP contribution >= 0.6 is 43.4 Å². The molecule has 1 aromatic heterocycles. The van der Waals surface area contributed by atoms with E-state index < -0.39 is 5.54 Å². The first-order chi connectivity index (χ1) is 23.2. The molecule has 0 saturated heterocycles. The summed E-state index contributed by atoms with van der Waals surface area (Å²) < 4.78 is 1.76. The van der Waals surface area contributed by atoms with E-state index in [9.17, 15) is 0 Å². The third-order valence-corrected chi connectivity index (χ3v) is 10.9. The summed E-state index contributed by atoms with van der Waals surface area (Å²) >= 11 is 9.11. The third-order valence-electron chi connectivity index (χ3n) is 8.80. The molecule has 0 fully saturated rings. The van der Waals surface area contributed by atoms with Crippen LogP contribution in [0.4, 0.5) is 0 Å². The quantitative estimate of drug-likeness (QED) is 0.0810. The zero-order valence-corrected chi connectivity index (χ0v) is 29.7. The lowest BCUT2D eigenvalue weighted by Crippen LogP contribution is -2.56. The Hall–Kier alpha value is -4.01. The summed E-state index contributed by atoms with van der Waals surface area (Å²) in [4.78, 5) is 1.09. The van der Waals surface area contributed by atoms with Gasteiger partial charge in [-0.15, -0.1) is 20.6 Å². The van der Waals surface area contributed by atoms with Crippen LogP contribution in [0, 0.1) is 0 Å². The van der Waals surface area contributed by atoms with E-state index in [0.717, 1.165) is 45.6 Å². The Labute approximate surface area is 297 Å². The number of nitrogens with zero attached hydrogens (tertiary/aromatic N) is 3. The third kappa shape index (κ3) is 6.46. The largest absolute Gasteiger partial charge is 0.279 e.